The summed E-state index contributed by atoms with van der Waals surface area (Å²) in [5, 5.41) is 8.53. The third-order valence-corrected chi connectivity index (χ3v) is 1.98. The van der Waals surface area contributed by atoms with Gasteiger partial charge in [-0.05, 0) is 28.7 Å². The normalized spacial score (nSPS) is 10.6. The summed E-state index contributed by atoms with van der Waals surface area (Å²) in [6.45, 7) is 0. The van der Waals surface area contributed by atoms with E-state index in [4.69, 9.17) is 5.11 Å². The Bertz CT molecular complexity index is 383. The van der Waals surface area contributed by atoms with Crippen LogP contribution in [0.3, 0.4) is 0 Å². The first-order chi connectivity index (χ1) is 6.43. The van der Waals surface area contributed by atoms with Gasteiger partial charge in [0, 0.05) is 0 Å². The van der Waals surface area contributed by atoms with E-state index in [1.54, 1.807) is 22.6 Å². The fourth-order valence-electron chi connectivity index (χ4n) is 0.879. The minimum atomic E-state index is -3.19. The topological polar surface area (TPSA) is 50.2 Å². The molecule has 0 amide bonds. The van der Waals surface area contributed by atoms with Gasteiger partial charge in [0.2, 0.25) is 5.95 Å². The molecular formula is C7H3F3INO2. The van der Waals surface area contributed by atoms with E-state index < -0.39 is 29.5 Å². The number of halogens is 4. The standard InChI is InChI=1S/C7H3F3INO2/c8-5(9)4-2(7(13)14)1-3(11)12-6(4)10/h1,5H,(H,13,14). The summed E-state index contributed by atoms with van der Waals surface area (Å²) < 4.78 is 37.3. The molecule has 3 nitrogen and oxygen atoms in total. The maximum absolute atomic E-state index is 12.9. The van der Waals surface area contributed by atoms with Crippen LogP contribution in [0.15, 0.2) is 6.07 Å². The second-order valence-electron chi connectivity index (χ2n) is 2.30. The fourth-order valence-corrected chi connectivity index (χ4v) is 1.40. The van der Waals surface area contributed by atoms with Gasteiger partial charge in [0.05, 0.1) is 11.1 Å². The molecule has 0 aliphatic heterocycles. The lowest BCUT2D eigenvalue weighted by molar-refractivity contribution is 0.0681. The lowest BCUT2D eigenvalue weighted by Crippen LogP contribution is -2.08. The number of aromatic nitrogens is 1. The van der Waals surface area contributed by atoms with Crippen molar-refractivity contribution in [3.8, 4) is 0 Å². The van der Waals surface area contributed by atoms with Crippen molar-refractivity contribution in [2.24, 2.45) is 0 Å². The zero-order valence-electron chi connectivity index (χ0n) is 6.47. The Morgan fingerprint density at radius 2 is 2.14 bits per heavy atom. The van der Waals surface area contributed by atoms with Crippen molar-refractivity contribution < 1.29 is 23.1 Å². The lowest BCUT2D eigenvalue weighted by atomic mass is 10.1. The van der Waals surface area contributed by atoms with Crippen LogP contribution in [0.4, 0.5) is 13.2 Å². The molecule has 1 N–H and O–H groups in total. The van der Waals surface area contributed by atoms with Crippen LogP contribution >= 0.6 is 22.6 Å². The Morgan fingerprint density at radius 3 is 2.57 bits per heavy atom. The quantitative estimate of drug-likeness (QED) is 0.673. The molecule has 0 radical (unpaired) electrons. The number of nitrogens with zero attached hydrogens (tertiary/aromatic N) is 1. The largest absolute Gasteiger partial charge is 0.478 e. The van der Waals surface area contributed by atoms with Crippen LogP contribution in [0.1, 0.15) is 22.3 Å². The minimum absolute atomic E-state index is 0.0156. The van der Waals surface area contributed by atoms with E-state index in [1.165, 1.54) is 0 Å². The maximum Gasteiger partial charge on any atom is 0.336 e. The van der Waals surface area contributed by atoms with Gasteiger partial charge in [0.1, 0.15) is 3.70 Å². The molecule has 0 fully saturated rings. The monoisotopic (exact) mass is 317 g/mol. The highest BCUT2D eigenvalue weighted by molar-refractivity contribution is 14.1. The zero-order valence-corrected chi connectivity index (χ0v) is 8.63. The first-order valence-electron chi connectivity index (χ1n) is 3.31. The number of hydrogen-bond acceptors (Lipinski definition) is 2. The van der Waals surface area contributed by atoms with E-state index in [1.807, 2.05) is 0 Å². The highest BCUT2D eigenvalue weighted by Crippen LogP contribution is 2.26. The molecule has 0 bridgehead atoms. The van der Waals surface area contributed by atoms with Crippen LogP contribution in [-0.4, -0.2) is 16.1 Å². The highest BCUT2D eigenvalue weighted by Gasteiger charge is 2.24. The molecule has 0 aliphatic rings. The van der Waals surface area contributed by atoms with Gasteiger partial charge in [0.25, 0.3) is 6.43 Å². The molecule has 1 aromatic rings. The zero-order chi connectivity index (χ0) is 10.9. The molecule has 0 aromatic carbocycles. The molecule has 1 rings (SSSR count). The molecule has 14 heavy (non-hydrogen) atoms. The summed E-state index contributed by atoms with van der Waals surface area (Å²) in [4.78, 5) is 13.6. The van der Waals surface area contributed by atoms with Crippen molar-refractivity contribution in [3.05, 3.63) is 26.8 Å². The van der Waals surface area contributed by atoms with Gasteiger partial charge in [-0.25, -0.2) is 18.6 Å². The van der Waals surface area contributed by atoms with E-state index in [0.29, 0.717) is 0 Å². The van der Waals surface area contributed by atoms with Crippen molar-refractivity contribution in [1.29, 1.82) is 0 Å². The van der Waals surface area contributed by atoms with E-state index in [9.17, 15) is 18.0 Å². The van der Waals surface area contributed by atoms with Crippen LogP contribution < -0.4 is 0 Å². The van der Waals surface area contributed by atoms with Gasteiger partial charge in [-0.2, -0.15) is 4.39 Å². The molecule has 76 valence electrons. The van der Waals surface area contributed by atoms with E-state index >= 15 is 0 Å². The number of rotatable bonds is 2. The Labute approximate surface area is 90.1 Å². The van der Waals surface area contributed by atoms with Gasteiger partial charge < -0.3 is 5.11 Å². The molecule has 7 heteroatoms. The van der Waals surface area contributed by atoms with Gasteiger partial charge >= 0.3 is 5.97 Å². The first-order valence-corrected chi connectivity index (χ1v) is 4.38. The maximum atomic E-state index is 12.9. The molecule has 0 saturated heterocycles. The minimum Gasteiger partial charge on any atom is -0.478 e. The predicted octanol–water partition coefficient (Wildman–Crippen LogP) is 2.46. The number of hydrogen-bond donors (Lipinski definition) is 1. The van der Waals surface area contributed by atoms with Crippen molar-refractivity contribution in [1.82, 2.24) is 4.98 Å². The molecule has 0 atom stereocenters. The number of alkyl halides is 2. The summed E-state index contributed by atoms with van der Waals surface area (Å²) in [7, 11) is 0. The van der Waals surface area contributed by atoms with E-state index in [-0.39, 0.29) is 3.70 Å². The third-order valence-electron chi connectivity index (χ3n) is 1.43. The summed E-state index contributed by atoms with van der Waals surface area (Å²) in [6, 6.07) is 0.896. The van der Waals surface area contributed by atoms with Crippen LogP contribution in [0, 0.1) is 9.65 Å². The molecule has 1 aromatic heterocycles. The SMILES string of the molecule is O=C(O)c1cc(I)nc(F)c1C(F)F. The van der Waals surface area contributed by atoms with E-state index in [0.717, 1.165) is 6.07 Å². The first kappa shape index (κ1) is 11.2. The Hall–Kier alpha value is -0.860. The lowest BCUT2D eigenvalue weighted by Gasteiger charge is -2.05. The summed E-state index contributed by atoms with van der Waals surface area (Å²) in [5.41, 5.74) is -1.92. The number of carboxylic acid groups (broad SMARTS) is 1. The summed E-state index contributed by atoms with van der Waals surface area (Å²) in [6.07, 6.45) is -3.19. The Morgan fingerprint density at radius 1 is 1.57 bits per heavy atom. The second-order valence-corrected chi connectivity index (χ2v) is 3.41. The Kier molecular flexibility index (Phi) is 3.29. The summed E-state index contributed by atoms with van der Waals surface area (Å²) >= 11 is 1.55. The highest BCUT2D eigenvalue weighted by atomic mass is 127. The molecule has 0 aliphatic carbocycles. The van der Waals surface area contributed by atoms with E-state index in [2.05, 4.69) is 4.98 Å². The predicted molar refractivity (Wildman–Crippen MR) is 48.8 cm³/mol. The van der Waals surface area contributed by atoms with Gasteiger partial charge in [-0.15, -0.1) is 0 Å². The van der Waals surface area contributed by atoms with Gasteiger partial charge in [0.15, 0.2) is 0 Å². The van der Waals surface area contributed by atoms with Crippen molar-refractivity contribution in [2.75, 3.05) is 0 Å². The van der Waals surface area contributed by atoms with Gasteiger partial charge in [-0.3, -0.25) is 0 Å². The number of carboxylic acids is 1. The van der Waals surface area contributed by atoms with Crippen molar-refractivity contribution in [3.63, 3.8) is 0 Å². The molecule has 0 unspecified atom stereocenters. The summed E-state index contributed by atoms with van der Waals surface area (Å²) in [5.74, 6) is -3.04. The molecule has 0 saturated carbocycles. The third kappa shape index (κ3) is 2.14. The van der Waals surface area contributed by atoms with Crippen LogP contribution in [0.2, 0.25) is 0 Å². The van der Waals surface area contributed by atoms with Gasteiger partial charge in [-0.1, -0.05) is 0 Å². The number of carbonyl (C=O) groups is 1. The van der Waals surface area contributed by atoms with Crippen LogP contribution in [-0.2, 0) is 0 Å². The van der Waals surface area contributed by atoms with Crippen molar-refractivity contribution >= 4 is 28.6 Å². The molecule has 0 spiro atoms. The van der Waals surface area contributed by atoms with Crippen LogP contribution in [0.25, 0.3) is 0 Å². The van der Waals surface area contributed by atoms with Crippen molar-refractivity contribution in [2.45, 2.75) is 6.43 Å². The fraction of sp³-hybridized carbons (Fsp3) is 0.143. The average molecular weight is 317 g/mol. The average Bonchev–Trinajstić information content (AvgIpc) is 2.01. The number of aromatic carboxylic acids is 1. The molecular weight excluding hydrogens is 314 g/mol. The second kappa shape index (κ2) is 4.11. The number of pyridine rings is 1. The Balaban J connectivity index is 3.44. The van der Waals surface area contributed by atoms with Crippen LogP contribution in [0.5, 0.6) is 0 Å². The molecule has 1 heterocycles. The smallest absolute Gasteiger partial charge is 0.336 e.